The standard InChI is InChI=1S/C34H35BrClN5O3S/c1-3-37-33(44)40-16-14-39(15-17-40)32(43)34(45-26-11-4-22(2)5-12-26)19-30(42)41(21-23-6-8-24(35)9-7-23)31(34)28-20-38-29-18-25(36)10-13-27(28)29/h4-13,18,20,31,38H,3,14-17,19,21H2,1-2H3,(H,37,44)/t31-,34+/m0/s1. The zero-order valence-electron chi connectivity index (χ0n) is 25.2. The molecule has 3 aromatic carbocycles. The van der Waals surface area contributed by atoms with E-state index in [-0.39, 0.29) is 24.3 Å². The van der Waals surface area contributed by atoms with Crippen LogP contribution in [-0.2, 0) is 16.1 Å². The van der Waals surface area contributed by atoms with Crippen molar-refractivity contribution in [1.82, 2.24) is 25.0 Å². The SMILES string of the molecule is CCNC(=O)N1CCN(C(=O)[C@@]2(Sc3ccc(C)cc3)CC(=O)N(Cc3ccc(Br)cc3)[C@H]2c2c[nH]c3cc(Cl)ccc23)CC1. The second-order valence-corrected chi connectivity index (χ2v) is 14.3. The summed E-state index contributed by atoms with van der Waals surface area (Å²) in [6, 6.07) is 21.0. The second kappa shape index (κ2) is 13.1. The van der Waals surface area contributed by atoms with E-state index in [0.29, 0.717) is 44.3 Å². The van der Waals surface area contributed by atoms with Gasteiger partial charge in [0.15, 0.2) is 0 Å². The van der Waals surface area contributed by atoms with Crippen molar-refractivity contribution < 1.29 is 14.4 Å². The Balaban J connectivity index is 1.46. The number of nitrogens with zero attached hydrogens (tertiary/aromatic N) is 3. The number of H-pyrrole nitrogens is 1. The maximum atomic E-state index is 15.0. The monoisotopic (exact) mass is 707 g/mol. The second-order valence-electron chi connectivity index (χ2n) is 11.6. The highest BCUT2D eigenvalue weighted by Crippen LogP contribution is 2.55. The van der Waals surface area contributed by atoms with E-state index >= 15 is 4.79 Å². The van der Waals surface area contributed by atoms with Crippen LogP contribution >= 0.6 is 39.3 Å². The molecule has 8 nitrogen and oxygen atoms in total. The van der Waals surface area contributed by atoms with Gasteiger partial charge in [-0.25, -0.2) is 4.79 Å². The molecule has 0 spiro atoms. The first kappa shape index (κ1) is 31.5. The minimum absolute atomic E-state index is 0.0440. The van der Waals surface area contributed by atoms with Crippen LogP contribution in [-0.4, -0.2) is 75.0 Å². The number of carbonyl (C=O) groups excluding carboxylic acids is 3. The number of rotatable bonds is 7. The van der Waals surface area contributed by atoms with Crippen molar-refractivity contribution in [2.45, 2.75) is 42.5 Å². The van der Waals surface area contributed by atoms with Gasteiger partial charge in [-0.05, 0) is 55.8 Å². The molecular weight excluding hydrogens is 674 g/mol. The van der Waals surface area contributed by atoms with Crippen molar-refractivity contribution in [2.75, 3.05) is 32.7 Å². The zero-order valence-corrected chi connectivity index (χ0v) is 28.3. The molecule has 3 heterocycles. The average molecular weight is 709 g/mol. The molecule has 2 saturated heterocycles. The third kappa shape index (κ3) is 6.33. The van der Waals surface area contributed by atoms with Crippen molar-refractivity contribution in [3.63, 3.8) is 0 Å². The lowest BCUT2D eigenvalue weighted by Gasteiger charge is -2.42. The first-order chi connectivity index (χ1) is 21.7. The number of aromatic nitrogens is 1. The molecule has 0 saturated carbocycles. The van der Waals surface area contributed by atoms with Crippen molar-refractivity contribution in [3.8, 4) is 0 Å². The summed E-state index contributed by atoms with van der Waals surface area (Å²) in [4.78, 5) is 51.6. The summed E-state index contributed by atoms with van der Waals surface area (Å²) in [5.41, 5.74) is 3.81. The first-order valence-corrected chi connectivity index (χ1v) is 17.1. The molecule has 2 N–H and O–H groups in total. The zero-order chi connectivity index (χ0) is 31.7. The molecule has 2 atom stereocenters. The number of likely N-dealkylation sites (tertiary alicyclic amines) is 1. The molecule has 4 amide bonds. The molecule has 2 fully saturated rings. The molecule has 2 aliphatic rings. The number of piperazine rings is 1. The van der Waals surface area contributed by atoms with E-state index in [4.69, 9.17) is 11.6 Å². The van der Waals surface area contributed by atoms with Gasteiger partial charge in [-0.15, -0.1) is 11.8 Å². The quantitative estimate of drug-likeness (QED) is 0.222. The summed E-state index contributed by atoms with van der Waals surface area (Å²) in [5.74, 6) is -0.177. The predicted molar refractivity (Wildman–Crippen MR) is 182 cm³/mol. The van der Waals surface area contributed by atoms with Gasteiger partial charge >= 0.3 is 6.03 Å². The van der Waals surface area contributed by atoms with E-state index < -0.39 is 10.8 Å². The lowest BCUT2D eigenvalue weighted by molar-refractivity contribution is -0.136. The Hall–Kier alpha value is -3.47. The van der Waals surface area contributed by atoms with E-state index in [9.17, 15) is 9.59 Å². The number of halogens is 2. The topological polar surface area (TPSA) is 88.8 Å². The summed E-state index contributed by atoms with van der Waals surface area (Å²) in [6.45, 7) is 6.45. The fourth-order valence-corrected chi connectivity index (χ4v) is 8.25. The molecule has 6 rings (SSSR count). The van der Waals surface area contributed by atoms with Crippen LogP contribution in [0.2, 0.25) is 5.02 Å². The third-order valence-electron chi connectivity index (χ3n) is 8.59. The Labute approximate surface area is 280 Å². The molecule has 1 aromatic heterocycles. The number of thioether (sulfide) groups is 1. The van der Waals surface area contributed by atoms with Crippen LogP contribution in [0.25, 0.3) is 10.9 Å². The summed E-state index contributed by atoms with van der Waals surface area (Å²) < 4.78 is -0.208. The molecule has 0 bridgehead atoms. The van der Waals surface area contributed by atoms with Gasteiger partial charge in [0.25, 0.3) is 0 Å². The van der Waals surface area contributed by atoms with Gasteiger partial charge in [0.2, 0.25) is 11.8 Å². The van der Waals surface area contributed by atoms with Crippen LogP contribution in [0.5, 0.6) is 0 Å². The fraction of sp³-hybridized carbons (Fsp3) is 0.324. The summed E-state index contributed by atoms with van der Waals surface area (Å²) in [7, 11) is 0. The fourth-order valence-electron chi connectivity index (χ4n) is 6.34. The number of aromatic amines is 1. The van der Waals surface area contributed by atoms with E-state index in [1.165, 1.54) is 11.8 Å². The Morgan fingerprint density at radius 1 is 1.02 bits per heavy atom. The number of hydrogen-bond acceptors (Lipinski definition) is 4. The Morgan fingerprint density at radius 3 is 2.40 bits per heavy atom. The van der Waals surface area contributed by atoms with Gasteiger partial charge in [0.05, 0.1) is 12.5 Å². The number of carbonyl (C=O) groups is 3. The molecule has 0 aliphatic carbocycles. The molecular formula is C34H35BrClN5O3S. The van der Waals surface area contributed by atoms with Crippen molar-refractivity contribution in [3.05, 3.63) is 99.1 Å². The Bertz CT molecular complexity index is 1720. The number of nitrogens with one attached hydrogen (secondary N) is 2. The number of hydrogen-bond donors (Lipinski definition) is 2. The van der Waals surface area contributed by atoms with Gasteiger partial charge in [-0.1, -0.05) is 63.4 Å². The smallest absolute Gasteiger partial charge is 0.317 e. The number of urea groups is 1. The number of benzene rings is 3. The van der Waals surface area contributed by atoms with E-state index in [2.05, 4.69) is 26.2 Å². The van der Waals surface area contributed by atoms with Crippen LogP contribution < -0.4 is 5.32 Å². The molecule has 0 radical (unpaired) electrons. The molecule has 2 aliphatic heterocycles. The summed E-state index contributed by atoms with van der Waals surface area (Å²) in [5, 5.41) is 4.38. The number of fused-ring (bicyclic) bond motifs is 1. The van der Waals surface area contributed by atoms with Crippen LogP contribution in [0.4, 0.5) is 4.79 Å². The molecule has 0 unspecified atom stereocenters. The largest absolute Gasteiger partial charge is 0.361 e. The lowest BCUT2D eigenvalue weighted by atomic mass is 9.90. The highest BCUT2D eigenvalue weighted by molar-refractivity contribution is 9.10. The van der Waals surface area contributed by atoms with Gasteiger partial charge in [0.1, 0.15) is 4.75 Å². The first-order valence-electron chi connectivity index (χ1n) is 15.1. The van der Waals surface area contributed by atoms with Crippen LogP contribution in [0.1, 0.15) is 36.1 Å². The number of amides is 4. The van der Waals surface area contributed by atoms with Crippen molar-refractivity contribution >= 4 is 68.0 Å². The highest BCUT2D eigenvalue weighted by atomic mass is 79.9. The third-order valence-corrected chi connectivity index (χ3v) is 10.8. The predicted octanol–water partition coefficient (Wildman–Crippen LogP) is 6.77. The van der Waals surface area contributed by atoms with Crippen molar-refractivity contribution in [2.24, 2.45) is 0 Å². The molecule has 45 heavy (non-hydrogen) atoms. The summed E-state index contributed by atoms with van der Waals surface area (Å²) in [6.07, 6.45) is 1.96. The normalized spacial score (nSPS) is 20.2. The van der Waals surface area contributed by atoms with Gasteiger partial charge in [-0.2, -0.15) is 0 Å². The van der Waals surface area contributed by atoms with Crippen molar-refractivity contribution in [1.29, 1.82) is 0 Å². The Morgan fingerprint density at radius 2 is 1.71 bits per heavy atom. The maximum absolute atomic E-state index is 15.0. The van der Waals surface area contributed by atoms with Gasteiger partial charge in [0, 0.05) is 76.3 Å². The van der Waals surface area contributed by atoms with Gasteiger partial charge in [-0.3, -0.25) is 9.59 Å². The Kier molecular flexibility index (Phi) is 9.17. The van der Waals surface area contributed by atoms with Crippen LogP contribution in [0.15, 0.2) is 82.3 Å². The molecule has 234 valence electrons. The van der Waals surface area contributed by atoms with Crippen LogP contribution in [0.3, 0.4) is 0 Å². The molecule has 11 heteroatoms. The van der Waals surface area contributed by atoms with E-state index in [1.807, 2.05) is 96.6 Å². The minimum Gasteiger partial charge on any atom is -0.361 e. The minimum atomic E-state index is -1.16. The van der Waals surface area contributed by atoms with Crippen LogP contribution in [0, 0.1) is 6.92 Å². The summed E-state index contributed by atoms with van der Waals surface area (Å²) >= 11 is 11.3. The highest BCUT2D eigenvalue weighted by Gasteiger charge is 2.59. The molecule has 4 aromatic rings. The van der Waals surface area contributed by atoms with E-state index in [0.717, 1.165) is 37.0 Å². The maximum Gasteiger partial charge on any atom is 0.317 e. The number of aryl methyl sites for hydroxylation is 1. The van der Waals surface area contributed by atoms with Gasteiger partial charge < -0.3 is 25.0 Å². The van der Waals surface area contributed by atoms with E-state index in [1.54, 1.807) is 4.90 Å². The lowest BCUT2D eigenvalue weighted by Crippen LogP contribution is -2.58. The average Bonchev–Trinajstić information content (AvgIpc) is 3.56.